The molecule has 0 aliphatic carbocycles. The minimum absolute atomic E-state index is 0.0749. The van der Waals surface area contributed by atoms with Crippen molar-refractivity contribution in [1.29, 1.82) is 0 Å². The van der Waals surface area contributed by atoms with Gasteiger partial charge >= 0.3 is 5.65 Å². The predicted octanol–water partition coefficient (Wildman–Crippen LogP) is 6.87. The average Bonchev–Trinajstić information content (AvgIpc) is 3.48. The van der Waals surface area contributed by atoms with Gasteiger partial charge in [-0.15, -0.1) is 0 Å². The molecule has 1 atom stereocenters. The molecule has 0 radical (unpaired) electrons. The maximum Gasteiger partial charge on any atom is 0.301 e. The lowest BCUT2D eigenvalue weighted by Crippen LogP contribution is -2.29. The van der Waals surface area contributed by atoms with Crippen LogP contribution in [0.25, 0.3) is 49.9 Å². The maximum absolute atomic E-state index is 2.51. The van der Waals surface area contributed by atoms with E-state index in [9.17, 15) is 0 Å². The van der Waals surface area contributed by atoms with Crippen LogP contribution in [0, 0.1) is 6.92 Å². The van der Waals surface area contributed by atoms with Gasteiger partial charge in [-0.1, -0.05) is 66.7 Å². The zero-order valence-corrected chi connectivity index (χ0v) is 21.4. The molecule has 0 fully saturated rings. The van der Waals surface area contributed by atoms with Gasteiger partial charge in [0.15, 0.2) is 0 Å². The first kappa shape index (κ1) is 21.3. The Kier molecular flexibility index (Phi) is 4.38. The van der Waals surface area contributed by atoms with Crippen LogP contribution >= 0.6 is 0 Å². The van der Waals surface area contributed by atoms with Crippen molar-refractivity contribution < 1.29 is 4.40 Å². The molecule has 7 aromatic rings. The van der Waals surface area contributed by atoms with E-state index in [1.165, 1.54) is 55.0 Å². The molecule has 4 aromatic carbocycles. The minimum atomic E-state index is 0.0749. The molecule has 182 valence electrons. The highest BCUT2D eigenvalue weighted by molar-refractivity contribution is 6.07. The van der Waals surface area contributed by atoms with Gasteiger partial charge in [0.2, 0.25) is 5.48 Å². The number of pyridine rings is 1. The Morgan fingerprint density at radius 3 is 2.08 bits per heavy atom. The van der Waals surface area contributed by atoms with Crippen LogP contribution in [0.4, 0.5) is 5.69 Å². The summed E-state index contributed by atoms with van der Waals surface area (Å²) in [6, 6.07) is 39.5. The molecule has 0 bridgehead atoms. The second-order valence-electron chi connectivity index (χ2n) is 10.2. The highest BCUT2D eigenvalue weighted by atomic mass is 15.3. The molecule has 1 aliphatic rings. The second-order valence-corrected chi connectivity index (χ2v) is 10.2. The van der Waals surface area contributed by atoms with Gasteiger partial charge in [0.25, 0.3) is 0 Å². The largest absolute Gasteiger partial charge is 0.321 e. The SMILES string of the molecule is Cc1ccccc1N1C=c2n(c3ccccc3c3ccccc3[n+]3cccc4c5ccccc5n2c43)[C@@H]1C. The first-order chi connectivity index (χ1) is 18.7. The molecule has 0 unspecified atom stereocenters. The zero-order chi connectivity index (χ0) is 25.4. The number of rotatable bonds is 1. The lowest BCUT2D eigenvalue weighted by atomic mass is 10.1. The first-order valence-electron chi connectivity index (χ1n) is 13.2. The van der Waals surface area contributed by atoms with Crippen LogP contribution < -0.4 is 14.8 Å². The van der Waals surface area contributed by atoms with E-state index >= 15 is 0 Å². The molecule has 0 N–H and O–H groups in total. The number of nitrogens with zero attached hydrogens (tertiary/aromatic N) is 4. The third-order valence-electron chi connectivity index (χ3n) is 8.13. The zero-order valence-electron chi connectivity index (χ0n) is 21.4. The highest BCUT2D eigenvalue weighted by Crippen LogP contribution is 2.33. The van der Waals surface area contributed by atoms with E-state index in [4.69, 9.17) is 0 Å². The van der Waals surface area contributed by atoms with Crippen LogP contribution in [-0.2, 0) is 0 Å². The average molecular weight is 492 g/mol. The Bertz CT molecular complexity index is 2180. The Hall–Kier alpha value is -4.83. The van der Waals surface area contributed by atoms with Crippen molar-refractivity contribution >= 4 is 55.6 Å². The van der Waals surface area contributed by atoms with Gasteiger partial charge in [-0.25, -0.2) is 0 Å². The van der Waals surface area contributed by atoms with Crippen molar-refractivity contribution in [2.45, 2.75) is 20.0 Å². The molecule has 1 aliphatic heterocycles. The minimum Gasteiger partial charge on any atom is -0.321 e. The van der Waals surface area contributed by atoms with Crippen LogP contribution in [-0.4, -0.2) is 8.97 Å². The van der Waals surface area contributed by atoms with E-state index in [0.29, 0.717) is 0 Å². The third kappa shape index (κ3) is 2.77. The second kappa shape index (κ2) is 7.83. The number of anilines is 1. The van der Waals surface area contributed by atoms with Crippen molar-refractivity contribution in [3.05, 3.63) is 126 Å². The molecule has 0 spiro atoms. The number of aromatic nitrogens is 3. The smallest absolute Gasteiger partial charge is 0.301 e. The standard InChI is InChI=1S/C34H27N4/c1-23-12-3-7-17-29(23)36-22-33-37(24(36)2)31-19-9-5-14-26(31)25-13-4-8-18-30(25)35-21-11-16-28-27-15-6-10-20-32(27)38(33)34(28)35/h3-22,24H,1-2H3/q+1/t24-/m1/s1. The monoisotopic (exact) mass is 491 g/mol. The Morgan fingerprint density at radius 2 is 1.26 bits per heavy atom. The summed E-state index contributed by atoms with van der Waals surface area (Å²) in [6.45, 7) is 4.50. The fraction of sp³-hybridized carbons (Fsp3) is 0.0882. The normalized spacial score (nSPS) is 15.0. The van der Waals surface area contributed by atoms with E-state index < -0.39 is 0 Å². The van der Waals surface area contributed by atoms with E-state index in [1.807, 2.05) is 0 Å². The summed E-state index contributed by atoms with van der Waals surface area (Å²) in [6.07, 6.45) is 4.61. The van der Waals surface area contributed by atoms with Crippen LogP contribution in [0.1, 0.15) is 18.7 Å². The van der Waals surface area contributed by atoms with Gasteiger partial charge in [-0.05, 0) is 61.9 Å². The number of hydrogen-bond donors (Lipinski definition) is 0. The fourth-order valence-electron chi connectivity index (χ4n) is 6.42. The summed E-state index contributed by atoms with van der Waals surface area (Å²) in [4.78, 5) is 2.42. The van der Waals surface area contributed by atoms with Crippen LogP contribution in [0.15, 0.2) is 115 Å². The molecule has 0 saturated heterocycles. The van der Waals surface area contributed by atoms with E-state index in [0.717, 1.165) is 5.48 Å². The van der Waals surface area contributed by atoms with Crippen molar-refractivity contribution in [3.63, 3.8) is 0 Å². The molecular formula is C34H27N4+. The van der Waals surface area contributed by atoms with Crippen LogP contribution in [0.5, 0.6) is 0 Å². The van der Waals surface area contributed by atoms with E-state index in [2.05, 4.69) is 154 Å². The van der Waals surface area contributed by atoms with Gasteiger partial charge in [0.05, 0.1) is 23.3 Å². The highest BCUT2D eigenvalue weighted by Gasteiger charge is 2.28. The molecule has 8 rings (SSSR count). The summed E-state index contributed by atoms with van der Waals surface area (Å²) in [7, 11) is 0. The first-order valence-corrected chi connectivity index (χ1v) is 13.2. The molecule has 4 heterocycles. The van der Waals surface area contributed by atoms with Gasteiger partial charge < -0.3 is 4.90 Å². The summed E-state index contributed by atoms with van der Waals surface area (Å²) in [5.41, 5.74) is 8.39. The number of hydrogen-bond acceptors (Lipinski definition) is 1. The van der Waals surface area contributed by atoms with Gasteiger partial charge in [0.1, 0.15) is 17.2 Å². The molecule has 4 heteroatoms. The lowest BCUT2D eigenvalue weighted by Gasteiger charge is -2.25. The number of fused-ring (bicyclic) bond motifs is 10. The number of aryl methyl sites for hydroxylation is 1. The van der Waals surface area contributed by atoms with E-state index in [1.54, 1.807) is 0 Å². The fourth-order valence-corrected chi connectivity index (χ4v) is 6.42. The van der Waals surface area contributed by atoms with Gasteiger partial charge in [0, 0.05) is 21.8 Å². The van der Waals surface area contributed by atoms with Gasteiger partial charge in [-0.3, -0.25) is 4.57 Å². The van der Waals surface area contributed by atoms with Crippen LogP contribution in [0.3, 0.4) is 0 Å². The molecular weight excluding hydrogens is 464 g/mol. The Labute approximate surface area is 220 Å². The summed E-state index contributed by atoms with van der Waals surface area (Å²) in [5, 5.41) is 4.95. The number of benzene rings is 4. The van der Waals surface area contributed by atoms with E-state index in [-0.39, 0.29) is 6.17 Å². The molecule has 4 nitrogen and oxygen atoms in total. The van der Waals surface area contributed by atoms with Crippen molar-refractivity contribution in [2.75, 3.05) is 4.90 Å². The van der Waals surface area contributed by atoms with Crippen molar-refractivity contribution in [2.24, 2.45) is 0 Å². The quantitative estimate of drug-likeness (QED) is 0.229. The summed E-state index contributed by atoms with van der Waals surface area (Å²) < 4.78 is 7.33. The third-order valence-corrected chi connectivity index (χ3v) is 8.13. The molecule has 3 aromatic heterocycles. The molecule has 0 saturated carbocycles. The topological polar surface area (TPSA) is 16.7 Å². The van der Waals surface area contributed by atoms with Crippen LogP contribution in [0.2, 0.25) is 0 Å². The Morgan fingerprint density at radius 1 is 0.632 bits per heavy atom. The van der Waals surface area contributed by atoms with Crippen molar-refractivity contribution in [1.82, 2.24) is 8.97 Å². The Balaban J connectivity index is 1.75. The summed E-state index contributed by atoms with van der Waals surface area (Å²) in [5.74, 6) is 0. The predicted molar refractivity (Wildman–Crippen MR) is 157 cm³/mol. The lowest BCUT2D eigenvalue weighted by molar-refractivity contribution is -0.483. The molecule has 38 heavy (non-hydrogen) atoms. The molecule has 0 amide bonds. The van der Waals surface area contributed by atoms with Gasteiger partial charge in [-0.2, -0.15) is 8.80 Å². The number of para-hydroxylation sites is 4. The van der Waals surface area contributed by atoms with Crippen molar-refractivity contribution in [3.8, 4) is 0 Å². The maximum atomic E-state index is 2.51. The summed E-state index contributed by atoms with van der Waals surface area (Å²) >= 11 is 0.